The maximum atomic E-state index is 13.5. The molecule has 1 saturated carbocycles. The molecule has 0 aromatic heterocycles. The van der Waals surface area contributed by atoms with Gasteiger partial charge in [-0.3, -0.25) is 4.79 Å². The lowest BCUT2D eigenvalue weighted by Gasteiger charge is -2.29. The molecule has 3 N–H and O–H groups in total. The second-order valence-corrected chi connectivity index (χ2v) is 10.8. The van der Waals surface area contributed by atoms with Gasteiger partial charge in [-0.2, -0.15) is 4.72 Å². The van der Waals surface area contributed by atoms with E-state index in [0.29, 0.717) is 6.54 Å². The van der Waals surface area contributed by atoms with Gasteiger partial charge in [-0.05, 0) is 66.3 Å². The zero-order chi connectivity index (χ0) is 24.1. The summed E-state index contributed by atoms with van der Waals surface area (Å²) in [6, 6.07) is 19.8. The lowest BCUT2D eigenvalue weighted by Crippen LogP contribution is -2.50. The van der Waals surface area contributed by atoms with Crippen LogP contribution in [0.5, 0.6) is 0 Å². The van der Waals surface area contributed by atoms with Gasteiger partial charge in [-0.25, -0.2) is 8.42 Å². The molecule has 1 aliphatic rings. The van der Waals surface area contributed by atoms with Crippen LogP contribution in [0.1, 0.15) is 36.8 Å². The molecule has 1 atom stereocenters. The normalized spacial score (nSPS) is 15.5. The fourth-order valence-corrected chi connectivity index (χ4v) is 5.96. The third-order valence-electron chi connectivity index (χ3n) is 6.74. The maximum absolute atomic E-state index is 13.5. The Labute approximate surface area is 202 Å². The summed E-state index contributed by atoms with van der Waals surface area (Å²) < 4.78 is 29.5. The van der Waals surface area contributed by atoms with Crippen molar-refractivity contribution in [3.8, 4) is 0 Å². The molecule has 4 rings (SSSR count). The highest BCUT2D eigenvalue weighted by molar-refractivity contribution is 7.89. The van der Waals surface area contributed by atoms with Crippen molar-refractivity contribution in [2.24, 2.45) is 5.73 Å². The van der Waals surface area contributed by atoms with Crippen LogP contribution >= 0.6 is 0 Å². The Hall–Kier alpha value is -2.74. The van der Waals surface area contributed by atoms with Gasteiger partial charge in [-0.15, -0.1) is 0 Å². The smallest absolute Gasteiger partial charge is 0.241 e. The van der Waals surface area contributed by atoms with Crippen molar-refractivity contribution in [1.29, 1.82) is 0 Å². The summed E-state index contributed by atoms with van der Waals surface area (Å²) in [6.45, 7) is 0.568. The molecule has 6 nitrogen and oxygen atoms in total. The van der Waals surface area contributed by atoms with E-state index in [1.807, 2.05) is 48.5 Å². The minimum atomic E-state index is -3.90. The number of hydrogen-bond donors (Lipinski definition) is 2. The lowest BCUT2D eigenvalue weighted by molar-refractivity contribution is -0.133. The molecule has 7 heteroatoms. The number of nitrogens with two attached hydrogens (primary N) is 1. The van der Waals surface area contributed by atoms with E-state index in [-0.39, 0.29) is 23.3 Å². The molecule has 34 heavy (non-hydrogen) atoms. The highest BCUT2D eigenvalue weighted by Crippen LogP contribution is 2.24. The van der Waals surface area contributed by atoms with Gasteiger partial charge < -0.3 is 10.6 Å². The number of nitrogens with one attached hydrogen (secondary N) is 1. The van der Waals surface area contributed by atoms with Gasteiger partial charge in [0.15, 0.2) is 0 Å². The Balaban J connectivity index is 1.60. The molecule has 0 aliphatic heterocycles. The topological polar surface area (TPSA) is 92.5 Å². The molecule has 0 saturated heterocycles. The van der Waals surface area contributed by atoms with Crippen molar-refractivity contribution in [3.63, 3.8) is 0 Å². The molecule has 1 fully saturated rings. The average molecular weight is 480 g/mol. The standard InChI is InChI=1S/C27H33N3O3S/c1-30(24-8-4-5-9-24)27(31)26(18-21-12-10-20(11-13-21)16-17-28)29-34(32,33)25-15-14-22-6-2-3-7-23(22)19-25/h2-3,6-7,10-15,19,24,26,29H,4-5,8-9,16-18,28H2,1H3/t26-/m0/s1. The molecular formula is C27H33N3O3S. The summed E-state index contributed by atoms with van der Waals surface area (Å²) in [5.74, 6) is -0.192. The number of nitrogens with zero attached hydrogens (tertiary/aromatic N) is 1. The number of hydrogen-bond acceptors (Lipinski definition) is 4. The minimum absolute atomic E-state index is 0.158. The fraction of sp³-hybridized carbons (Fsp3) is 0.370. The van der Waals surface area contributed by atoms with Crippen molar-refractivity contribution >= 4 is 26.7 Å². The molecule has 0 bridgehead atoms. The molecule has 1 aliphatic carbocycles. The second-order valence-electron chi connectivity index (χ2n) is 9.13. The van der Waals surface area contributed by atoms with Crippen LogP contribution in [0.2, 0.25) is 0 Å². The monoisotopic (exact) mass is 479 g/mol. The fourth-order valence-electron chi connectivity index (χ4n) is 4.73. The summed E-state index contributed by atoms with van der Waals surface area (Å²) >= 11 is 0. The van der Waals surface area contributed by atoms with Crippen LogP contribution < -0.4 is 10.5 Å². The van der Waals surface area contributed by atoms with E-state index in [1.54, 1.807) is 30.1 Å². The van der Waals surface area contributed by atoms with E-state index in [9.17, 15) is 13.2 Å². The van der Waals surface area contributed by atoms with Crippen molar-refractivity contribution < 1.29 is 13.2 Å². The first kappa shape index (κ1) is 24.4. The third-order valence-corrected chi connectivity index (χ3v) is 8.21. The van der Waals surface area contributed by atoms with E-state index >= 15 is 0 Å². The zero-order valence-corrected chi connectivity index (χ0v) is 20.4. The maximum Gasteiger partial charge on any atom is 0.241 e. The quantitative estimate of drug-likeness (QED) is 0.490. The minimum Gasteiger partial charge on any atom is -0.341 e. The molecule has 3 aromatic rings. The molecule has 0 radical (unpaired) electrons. The number of carbonyl (C=O) groups is 1. The summed E-state index contributed by atoms with van der Waals surface area (Å²) in [4.78, 5) is 15.4. The first-order valence-corrected chi connectivity index (χ1v) is 13.4. The van der Waals surface area contributed by atoms with E-state index < -0.39 is 16.1 Å². The average Bonchev–Trinajstić information content (AvgIpc) is 3.39. The summed E-state index contributed by atoms with van der Waals surface area (Å²) in [5, 5.41) is 1.81. The highest BCUT2D eigenvalue weighted by Gasteiger charge is 2.32. The van der Waals surface area contributed by atoms with Crippen molar-refractivity contribution in [3.05, 3.63) is 77.9 Å². The number of fused-ring (bicyclic) bond motifs is 1. The van der Waals surface area contributed by atoms with Crippen molar-refractivity contribution in [1.82, 2.24) is 9.62 Å². The van der Waals surface area contributed by atoms with Crippen LogP contribution in [0.3, 0.4) is 0 Å². The Kier molecular flexibility index (Phi) is 7.66. The lowest BCUT2D eigenvalue weighted by atomic mass is 10.0. The van der Waals surface area contributed by atoms with Gasteiger partial charge in [-0.1, -0.05) is 67.4 Å². The largest absolute Gasteiger partial charge is 0.341 e. The van der Waals surface area contributed by atoms with Crippen molar-refractivity contribution in [2.75, 3.05) is 13.6 Å². The third kappa shape index (κ3) is 5.66. The molecule has 0 heterocycles. The van der Waals surface area contributed by atoms with Gasteiger partial charge in [0.1, 0.15) is 6.04 Å². The first-order valence-electron chi connectivity index (χ1n) is 11.9. The molecule has 3 aromatic carbocycles. The second kappa shape index (κ2) is 10.7. The van der Waals surface area contributed by atoms with Crippen LogP contribution in [0.15, 0.2) is 71.6 Å². The molecule has 0 unspecified atom stereocenters. The molecular weight excluding hydrogens is 446 g/mol. The van der Waals surface area contributed by atoms with E-state index in [2.05, 4.69) is 4.72 Å². The van der Waals surface area contributed by atoms with Crippen LogP contribution in [-0.4, -0.2) is 44.9 Å². The van der Waals surface area contributed by atoms with E-state index in [0.717, 1.165) is 54.0 Å². The van der Waals surface area contributed by atoms with Crippen LogP contribution in [0.4, 0.5) is 0 Å². The SMILES string of the molecule is CN(C(=O)[C@H](Cc1ccc(CCN)cc1)NS(=O)(=O)c1ccc2ccccc2c1)C1CCCC1. The Morgan fingerprint density at radius 1 is 1.00 bits per heavy atom. The predicted octanol–water partition coefficient (Wildman–Crippen LogP) is 3.63. The first-order chi connectivity index (χ1) is 16.4. The Bertz CT molecular complexity index is 1240. The van der Waals surface area contributed by atoms with Crippen LogP contribution in [0, 0.1) is 0 Å². The number of benzene rings is 3. The van der Waals surface area contributed by atoms with Gasteiger partial charge in [0, 0.05) is 13.1 Å². The number of carbonyl (C=O) groups excluding carboxylic acids is 1. The highest BCUT2D eigenvalue weighted by atomic mass is 32.2. The summed E-state index contributed by atoms with van der Waals surface area (Å²) in [5.41, 5.74) is 7.67. The summed E-state index contributed by atoms with van der Waals surface area (Å²) in [6.07, 6.45) is 5.17. The van der Waals surface area contributed by atoms with Gasteiger partial charge in [0.2, 0.25) is 15.9 Å². The van der Waals surface area contributed by atoms with E-state index in [4.69, 9.17) is 5.73 Å². The number of amides is 1. The predicted molar refractivity (Wildman–Crippen MR) is 136 cm³/mol. The van der Waals surface area contributed by atoms with Gasteiger partial charge in [0.25, 0.3) is 0 Å². The molecule has 1 amide bonds. The Morgan fingerprint density at radius 3 is 2.32 bits per heavy atom. The molecule has 0 spiro atoms. The van der Waals surface area contributed by atoms with Gasteiger partial charge >= 0.3 is 0 Å². The van der Waals surface area contributed by atoms with Crippen molar-refractivity contribution in [2.45, 2.75) is 55.5 Å². The van der Waals surface area contributed by atoms with Gasteiger partial charge in [0.05, 0.1) is 4.90 Å². The zero-order valence-electron chi connectivity index (χ0n) is 19.6. The van der Waals surface area contributed by atoms with E-state index in [1.165, 1.54) is 0 Å². The summed E-state index contributed by atoms with van der Waals surface area (Å²) in [7, 11) is -2.11. The van der Waals surface area contributed by atoms with Crippen LogP contribution in [-0.2, 0) is 27.7 Å². The number of likely N-dealkylation sites (N-methyl/N-ethyl adjacent to an activating group) is 1. The number of sulfonamides is 1. The van der Waals surface area contributed by atoms with Crippen LogP contribution in [0.25, 0.3) is 10.8 Å². The number of rotatable bonds is 9. The Morgan fingerprint density at radius 2 is 1.65 bits per heavy atom. The molecule has 180 valence electrons.